The van der Waals surface area contributed by atoms with Crippen LogP contribution in [0.3, 0.4) is 0 Å². The number of nitrogens with one attached hydrogen (secondary N) is 1. The smallest absolute Gasteiger partial charge is 0.231 e. The number of benzene rings is 2. The highest BCUT2D eigenvalue weighted by molar-refractivity contribution is 7.22. The summed E-state index contributed by atoms with van der Waals surface area (Å²) in [5, 5.41) is 4.06. The molecule has 5 rings (SSSR count). The largest absolute Gasteiger partial charge is 0.492 e. The van der Waals surface area contributed by atoms with Gasteiger partial charge in [-0.2, -0.15) is 0 Å². The number of rotatable bonds is 3. The van der Waals surface area contributed by atoms with Gasteiger partial charge in [0.15, 0.2) is 5.13 Å². The van der Waals surface area contributed by atoms with Gasteiger partial charge < -0.3 is 19.7 Å². The summed E-state index contributed by atoms with van der Waals surface area (Å²) in [5.74, 6) is 0.691. The van der Waals surface area contributed by atoms with E-state index in [1.54, 1.807) is 11.3 Å². The molecule has 0 unspecified atom stereocenters. The summed E-state index contributed by atoms with van der Waals surface area (Å²) in [6.45, 7) is 3.62. The normalized spacial score (nSPS) is 19.1. The molecule has 2 aliphatic rings. The monoisotopic (exact) mass is 395 g/mol. The van der Waals surface area contributed by atoms with Gasteiger partial charge in [-0.1, -0.05) is 29.5 Å². The highest BCUT2D eigenvalue weighted by Gasteiger charge is 2.26. The molecule has 3 heterocycles. The molecular formula is C21H21N3O3S. The first-order valence-electron chi connectivity index (χ1n) is 9.51. The number of carbonyl (C=O) groups excluding carboxylic acids is 1. The molecule has 0 saturated carbocycles. The lowest BCUT2D eigenvalue weighted by Crippen LogP contribution is -2.36. The van der Waals surface area contributed by atoms with Gasteiger partial charge in [0.25, 0.3) is 0 Å². The Hall–Kier alpha value is -2.64. The number of para-hydroxylation sites is 1. The average molecular weight is 395 g/mol. The third kappa shape index (κ3) is 3.43. The molecule has 6 nitrogen and oxygen atoms in total. The number of thiazole rings is 1. The molecule has 0 spiro atoms. The van der Waals surface area contributed by atoms with Crippen LogP contribution in [0.15, 0.2) is 42.5 Å². The van der Waals surface area contributed by atoms with Crippen LogP contribution >= 0.6 is 11.3 Å². The van der Waals surface area contributed by atoms with Gasteiger partial charge in [-0.05, 0) is 36.2 Å². The summed E-state index contributed by atoms with van der Waals surface area (Å²) >= 11 is 1.65. The number of morpholine rings is 1. The number of aromatic nitrogens is 1. The molecule has 1 aromatic heterocycles. The van der Waals surface area contributed by atoms with Crippen molar-refractivity contribution in [1.82, 2.24) is 4.98 Å². The molecule has 1 atom stereocenters. The summed E-state index contributed by atoms with van der Waals surface area (Å²) in [6, 6.07) is 13.8. The molecule has 28 heavy (non-hydrogen) atoms. The van der Waals surface area contributed by atoms with Crippen LogP contribution in [0.4, 0.5) is 10.8 Å². The molecule has 1 N–H and O–H groups in total. The first kappa shape index (κ1) is 17.5. The predicted molar refractivity (Wildman–Crippen MR) is 110 cm³/mol. The van der Waals surface area contributed by atoms with Crippen molar-refractivity contribution in [3.05, 3.63) is 48.0 Å². The van der Waals surface area contributed by atoms with E-state index in [2.05, 4.69) is 10.2 Å². The maximum Gasteiger partial charge on any atom is 0.231 e. The van der Waals surface area contributed by atoms with E-state index in [1.807, 2.05) is 42.5 Å². The lowest BCUT2D eigenvalue weighted by molar-refractivity contribution is -0.121. The minimum absolute atomic E-state index is 0.00762. The highest BCUT2D eigenvalue weighted by atomic mass is 32.1. The summed E-state index contributed by atoms with van der Waals surface area (Å²) in [5.41, 5.74) is 2.84. The van der Waals surface area contributed by atoms with Gasteiger partial charge in [0.1, 0.15) is 12.4 Å². The Bertz CT molecular complexity index is 1010. The van der Waals surface area contributed by atoms with Crippen molar-refractivity contribution in [3.63, 3.8) is 0 Å². The minimum Gasteiger partial charge on any atom is -0.492 e. The predicted octanol–water partition coefficient (Wildman–Crippen LogP) is 3.32. The summed E-state index contributed by atoms with van der Waals surface area (Å²) in [7, 11) is 0. The molecule has 7 heteroatoms. The van der Waals surface area contributed by atoms with Gasteiger partial charge in [0.05, 0.1) is 29.3 Å². The van der Waals surface area contributed by atoms with Crippen LogP contribution in [0.5, 0.6) is 5.75 Å². The molecule has 1 saturated heterocycles. The molecule has 2 aliphatic heterocycles. The number of carbonyl (C=O) groups is 1. The Morgan fingerprint density at radius 2 is 2.04 bits per heavy atom. The van der Waals surface area contributed by atoms with E-state index < -0.39 is 0 Å². The fourth-order valence-electron chi connectivity index (χ4n) is 3.62. The molecule has 0 aliphatic carbocycles. The number of amides is 1. The van der Waals surface area contributed by atoms with Crippen molar-refractivity contribution in [3.8, 4) is 5.75 Å². The zero-order valence-electron chi connectivity index (χ0n) is 15.4. The second-order valence-corrected chi connectivity index (χ2v) is 8.10. The molecule has 3 aromatic rings. The Morgan fingerprint density at radius 1 is 1.18 bits per heavy atom. The molecule has 0 bridgehead atoms. The van der Waals surface area contributed by atoms with Crippen LogP contribution in [0.2, 0.25) is 0 Å². The van der Waals surface area contributed by atoms with Gasteiger partial charge in [-0.25, -0.2) is 4.98 Å². The highest BCUT2D eigenvalue weighted by Crippen LogP contribution is 2.32. The second kappa shape index (κ2) is 7.41. The maximum absolute atomic E-state index is 12.7. The van der Waals surface area contributed by atoms with E-state index in [1.165, 1.54) is 0 Å². The van der Waals surface area contributed by atoms with Gasteiger partial charge in [0.2, 0.25) is 5.91 Å². The number of fused-ring (bicyclic) bond motifs is 2. The van der Waals surface area contributed by atoms with Gasteiger partial charge in [0, 0.05) is 18.8 Å². The topological polar surface area (TPSA) is 63.7 Å². The molecule has 2 aromatic carbocycles. The quantitative estimate of drug-likeness (QED) is 0.737. The molecule has 144 valence electrons. The Labute approximate surface area is 167 Å². The zero-order chi connectivity index (χ0) is 18.9. The first-order chi connectivity index (χ1) is 13.8. The van der Waals surface area contributed by atoms with Gasteiger partial charge in [-0.15, -0.1) is 0 Å². The average Bonchev–Trinajstić information content (AvgIpc) is 3.17. The fourth-order valence-corrected chi connectivity index (χ4v) is 4.68. The lowest BCUT2D eigenvalue weighted by atomic mass is 9.96. The number of hydrogen-bond donors (Lipinski definition) is 1. The second-order valence-electron chi connectivity index (χ2n) is 7.09. The van der Waals surface area contributed by atoms with Crippen molar-refractivity contribution >= 4 is 38.3 Å². The Balaban J connectivity index is 1.30. The zero-order valence-corrected chi connectivity index (χ0v) is 16.2. The van der Waals surface area contributed by atoms with E-state index in [4.69, 9.17) is 14.5 Å². The van der Waals surface area contributed by atoms with E-state index in [-0.39, 0.29) is 11.8 Å². The minimum atomic E-state index is -0.184. The van der Waals surface area contributed by atoms with E-state index in [9.17, 15) is 4.79 Å². The van der Waals surface area contributed by atoms with Crippen LogP contribution in [0, 0.1) is 5.92 Å². The molecule has 1 fully saturated rings. The van der Waals surface area contributed by atoms with Crippen molar-refractivity contribution in [2.24, 2.45) is 5.92 Å². The van der Waals surface area contributed by atoms with Crippen molar-refractivity contribution in [1.29, 1.82) is 0 Å². The lowest BCUT2D eigenvalue weighted by Gasteiger charge is -2.25. The number of ether oxygens (including phenoxy) is 2. The van der Waals surface area contributed by atoms with Crippen LogP contribution in [-0.2, 0) is 16.0 Å². The van der Waals surface area contributed by atoms with Crippen LogP contribution in [0.25, 0.3) is 10.2 Å². The van der Waals surface area contributed by atoms with Gasteiger partial charge in [-0.3, -0.25) is 4.79 Å². The number of anilines is 2. The van der Waals surface area contributed by atoms with E-state index >= 15 is 0 Å². The van der Waals surface area contributed by atoms with Crippen LogP contribution in [-0.4, -0.2) is 43.8 Å². The van der Waals surface area contributed by atoms with Crippen LogP contribution < -0.4 is 15.0 Å². The summed E-state index contributed by atoms with van der Waals surface area (Å²) in [6.07, 6.45) is 0.700. The Morgan fingerprint density at radius 3 is 2.93 bits per heavy atom. The standard InChI is InChI=1S/C21H21N3O3S/c25-20(15-11-14-3-1-2-4-18(14)27-13-15)22-16-5-6-17-19(12-16)28-21(23-17)24-7-9-26-10-8-24/h1-6,12,15H,7-11,13H2,(H,22,25)/t15-/m1/s1. The van der Waals surface area contributed by atoms with Crippen molar-refractivity contribution in [2.45, 2.75) is 6.42 Å². The SMILES string of the molecule is O=C(Nc1ccc2nc(N3CCOCC3)sc2c1)[C@H]1COc2ccccc2C1. The first-order valence-corrected chi connectivity index (χ1v) is 10.3. The summed E-state index contributed by atoms with van der Waals surface area (Å²) in [4.78, 5) is 19.7. The third-order valence-corrected chi connectivity index (χ3v) is 6.25. The van der Waals surface area contributed by atoms with Crippen molar-refractivity contribution < 1.29 is 14.3 Å². The molecular weight excluding hydrogens is 374 g/mol. The van der Waals surface area contributed by atoms with Crippen LogP contribution in [0.1, 0.15) is 5.56 Å². The number of hydrogen-bond acceptors (Lipinski definition) is 6. The maximum atomic E-state index is 12.7. The molecule has 0 radical (unpaired) electrons. The molecule has 1 amide bonds. The van der Waals surface area contributed by atoms with E-state index in [0.29, 0.717) is 13.0 Å². The fraction of sp³-hybridized carbons (Fsp3) is 0.333. The van der Waals surface area contributed by atoms with Gasteiger partial charge >= 0.3 is 0 Å². The third-order valence-electron chi connectivity index (χ3n) is 5.18. The summed E-state index contributed by atoms with van der Waals surface area (Å²) < 4.78 is 12.2. The van der Waals surface area contributed by atoms with E-state index in [0.717, 1.165) is 58.7 Å². The number of nitrogens with zero attached hydrogens (tertiary/aromatic N) is 2. The Kier molecular flexibility index (Phi) is 4.62. The van der Waals surface area contributed by atoms with Crippen molar-refractivity contribution in [2.75, 3.05) is 43.1 Å².